The lowest BCUT2D eigenvalue weighted by molar-refractivity contribution is 0.0976. The second kappa shape index (κ2) is 5.96. The van der Waals surface area contributed by atoms with E-state index in [2.05, 4.69) is 11.6 Å². The Hall–Kier alpha value is -1.64. The lowest BCUT2D eigenvalue weighted by atomic mass is 10.1. The Balaban J connectivity index is 2.68. The maximum atomic E-state index is 11.7. The Kier molecular flexibility index (Phi) is 4.54. The van der Waals surface area contributed by atoms with Crippen molar-refractivity contribution in [2.45, 2.75) is 19.3 Å². The molecule has 0 amide bonds. The first kappa shape index (κ1) is 11.4. The monoisotopic (exact) mass is 205 g/mol. The van der Waals surface area contributed by atoms with Crippen LogP contribution in [0.3, 0.4) is 0 Å². The number of pyridine rings is 1. The molecule has 0 aliphatic carbocycles. The minimum absolute atomic E-state index is 0.0711. The van der Waals surface area contributed by atoms with Crippen LogP contribution in [0.5, 0.6) is 5.88 Å². The molecule has 0 unspecified atom stereocenters. The molecule has 0 fully saturated rings. The summed E-state index contributed by atoms with van der Waals surface area (Å²) in [5, 5.41) is 0. The fourth-order valence-corrected chi connectivity index (χ4v) is 1.31. The standard InChI is InChI=1S/C12H15NO2/c1-3-4-5-8-11(14)10-7-6-9-13-12(10)15-2/h3,6-7,9H,1,4-5,8H2,2H3. The molecule has 0 radical (unpaired) electrons. The van der Waals surface area contributed by atoms with Crippen LogP contribution >= 0.6 is 0 Å². The average molecular weight is 205 g/mol. The maximum absolute atomic E-state index is 11.7. The molecule has 1 heterocycles. The zero-order valence-corrected chi connectivity index (χ0v) is 8.90. The number of carbonyl (C=O) groups is 1. The number of unbranched alkanes of at least 4 members (excludes halogenated alkanes) is 1. The van der Waals surface area contributed by atoms with Crippen molar-refractivity contribution in [3.05, 3.63) is 36.5 Å². The molecule has 3 nitrogen and oxygen atoms in total. The summed E-state index contributed by atoms with van der Waals surface area (Å²) in [6, 6.07) is 3.48. The van der Waals surface area contributed by atoms with Gasteiger partial charge in [0.25, 0.3) is 0 Å². The SMILES string of the molecule is C=CCCCC(=O)c1cccnc1OC. The molecule has 1 rings (SSSR count). The van der Waals surface area contributed by atoms with Crippen molar-refractivity contribution in [1.29, 1.82) is 0 Å². The number of ether oxygens (including phenoxy) is 1. The smallest absolute Gasteiger partial charge is 0.224 e. The van der Waals surface area contributed by atoms with Crippen molar-refractivity contribution in [2.24, 2.45) is 0 Å². The van der Waals surface area contributed by atoms with Crippen LogP contribution in [0.2, 0.25) is 0 Å². The van der Waals surface area contributed by atoms with E-state index in [9.17, 15) is 4.79 Å². The van der Waals surface area contributed by atoms with Crippen molar-refractivity contribution in [1.82, 2.24) is 4.98 Å². The molecule has 0 aliphatic heterocycles. The van der Waals surface area contributed by atoms with E-state index in [0.717, 1.165) is 12.8 Å². The molecule has 1 aromatic rings. The minimum Gasteiger partial charge on any atom is -0.480 e. The van der Waals surface area contributed by atoms with Crippen molar-refractivity contribution in [3.8, 4) is 5.88 Å². The highest BCUT2D eigenvalue weighted by molar-refractivity contribution is 5.98. The van der Waals surface area contributed by atoms with Gasteiger partial charge in [-0.25, -0.2) is 4.98 Å². The number of rotatable bonds is 6. The third-order valence-electron chi connectivity index (χ3n) is 2.08. The second-order valence-electron chi connectivity index (χ2n) is 3.16. The highest BCUT2D eigenvalue weighted by Crippen LogP contribution is 2.16. The number of methoxy groups -OCH3 is 1. The van der Waals surface area contributed by atoms with Gasteiger partial charge in [-0.1, -0.05) is 6.08 Å². The Morgan fingerprint density at radius 2 is 2.47 bits per heavy atom. The van der Waals surface area contributed by atoms with Crippen molar-refractivity contribution >= 4 is 5.78 Å². The number of nitrogens with zero attached hydrogens (tertiary/aromatic N) is 1. The fourth-order valence-electron chi connectivity index (χ4n) is 1.31. The molecule has 0 spiro atoms. The number of aromatic nitrogens is 1. The summed E-state index contributed by atoms with van der Waals surface area (Å²) in [5.41, 5.74) is 0.559. The summed E-state index contributed by atoms with van der Waals surface area (Å²) in [4.78, 5) is 15.7. The van der Waals surface area contributed by atoms with Crippen LogP contribution in [-0.2, 0) is 0 Å². The highest BCUT2D eigenvalue weighted by Gasteiger charge is 2.11. The number of Topliss-reactive ketones (excluding diaryl/α,β-unsaturated/α-hetero) is 1. The van der Waals surface area contributed by atoms with Gasteiger partial charge in [0, 0.05) is 12.6 Å². The van der Waals surface area contributed by atoms with Gasteiger partial charge in [0.1, 0.15) is 0 Å². The minimum atomic E-state index is 0.0711. The van der Waals surface area contributed by atoms with Crippen LogP contribution in [0.4, 0.5) is 0 Å². The number of hydrogen-bond acceptors (Lipinski definition) is 3. The van der Waals surface area contributed by atoms with Gasteiger partial charge in [-0.15, -0.1) is 6.58 Å². The van der Waals surface area contributed by atoms with Crippen LogP contribution in [0.25, 0.3) is 0 Å². The summed E-state index contributed by atoms with van der Waals surface area (Å²) >= 11 is 0. The van der Waals surface area contributed by atoms with Gasteiger partial charge < -0.3 is 4.74 Å². The summed E-state index contributed by atoms with van der Waals surface area (Å²) in [6.45, 7) is 3.62. The molecule has 0 saturated carbocycles. The summed E-state index contributed by atoms with van der Waals surface area (Å²) in [7, 11) is 1.52. The second-order valence-corrected chi connectivity index (χ2v) is 3.16. The first-order valence-electron chi connectivity index (χ1n) is 4.92. The van der Waals surface area contributed by atoms with E-state index in [-0.39, 0.29) is 5.78 Å². The molecule has 0 atom stereocenters. The van der Waals surface area contributed by atoms with Crippen LogP contribution in [0.1, 0.15) is 29.6 Å². The Bertz CT molecular complexity index is 347. The molecule has 0 saturated heterocycles. The Labute approximate surface area is 89.8 Å². The Morgan fingerprint density at radius 3 is 3.13 bits per heavy atom. The molecule has 3 heteroatoms. The quantitative estimate of drug-likeness (QED) is 0.407. The molecule has 0 aliphatic rings. The van der Waals surface area contributed by atoms with Gasteiger partial charge in [-0.05, 0) is 25.0 Å². The maximum Gasteiger partial charge on any atom is 0.224 e. The number of carbonyl (C=O) groups excluding carboxylic acids is 1. The van der Waals surface area contributed by atoms with E-state index < -0.39 is 0 Å². The predicted molar refractivity (Wildman–Crippen MR) is 59.2 cm³/mol. The normalized spacial score (nSPS) is 9.67. The van der Waals surface area contributed by atoms with Gasteiger partial charge >= 0.3 is 0 Å². The first-order chi connectivity index (χ1) is 7.29. The lowest BCUT2D eigenvalue weighted by Crippen LogP contribution is -2.03. The largest absolute Gasteiger partial charge is 0.480 e. The van der Waals surface area contributed by atoms with E-state index in [1.54, 1.807) is 18.3 Å². The number of hydrogen-bond donors (Lipinski definition) is 0. The summed E-state index contributed by atoms with van der Waals surface area (Å²) < 4.78 is 5.02. The first-order valence-corrected chi connectivity index (χ1v) is 4.92. The van der Waals surface area contributed by atoms with Gasteiger partial charge in [0.05, 0.1) is 12.7 Å². The van der Waals surface area contributed by atoms with E-state index in [4.69, 9.17) is 4.74 Å². The molecular formula is C12H15NO2. The van der Waals surface area contributed by atoms with Crippen molar-refractivity contribution in [3.63, 3.8) is 0 Å². The number of allylic oxidation sites excluding steroid dienone is 1. The van der Waals surface area contributed by atoms with E-state index in [1.807, 2.05) is 6.08 Å². The molecule has 1 aromatic heterocycles. The van der Waals surface area contributed by atoms with Gasteiger partial charge in [-0.2, -0.15) is 0 Å². The van der Waals surface area contributed by atoms with Crippen LogP contribution in [0, 0.1) is 0 Å². The molecule has 80 valence electrons. The molecule has 0 aromatic carbocycles. The van der Waals surface area contributed by atoms with Crippen molar-refractivity contribution in [2.75, 3.05) is 7.11 Å². The zero-order valence-electron chi connectivity index (χ0n) is 8.90. The van der Waals surface area contributed by atoms with E-state index in [0.29, 0.717) is 17.9 Å². The molecule has 15 heavy (non-hydrogen) atoms. The van der Waals surface area contributed by atoms with Crippen molar-refractivity contribution < 1.29 is 9.53 Å². The van der Waals surface area contributed by atoms with E-state index in [1.165, 1.54) is 7.11 Å². The molecule has 0 bridgehead atoms. The molecule has 0 N–H and O–H groups in total. The van der Waals surface area contributed by atoms with Crippen LogP contribution in [-0.4, -0.2) is 17.9 Å². The van der Waals surface area contributed by atoms with E-state index >= 15 is 0 Å². The third kappa shape index (κ3) is 3.20. The Morgan fingerprint density at radius 1 is 1.67 bits per heavy atom. The van der Waals surface area contributed by atoms with Gasteiger partial charge in [0.2, 0.25) is 5.88 Å². The van der Waals surface area contributed by atoms with Crippen LogP contribution < -0.4 is 4.74 Å². The summed E-state index contributed by atoms with van der Waals surface area (Å²) in [6.07, 6.45) is 5.61. The van der Waals surface area contributed by atoms with Crippen LogP contribution in [0.15, 0.2) is 31.0 Å². The average Bonchev–Trinajstić information content (AvgIpc) is 2.29. The zero-order chi connectivity index (χ0) is 11.1. The van der Waals surface area contributed by atoms with Gasteiger partial charge in [-0.3, -0.25) is 4.79 Å². The highest BCUT2D eigenvalue weighted by atomic mass is 16.5. The summed E-state index contributed by atoms with van der Waals surface area (Å²) in [5.74, 6) is 0.475. The lowest BCUT2D eigenvalue weighted by Gasteiger charge is -2.04. The fraction of sp³-hybridized carbons (Fsp3) is 0.333. The predicted octanol–water partition coefficient (Wildman–Crippen LogP) is 2.63. The third-order valence-corrected chi connectivity index (χ3v) is 2.08. The molecular weight excluding hydrogens is 190 g/mol. The topological polar surface area (TPSA) is 39.2 Å². The number of ketones is 1. The van der Waals surface area contributed by atoms with Gasteiger partial charge in [0.15, 0.2) is 5.78 Å².